The molecule has 16 heavy (non-hydrogen) atoms. The van der Waals surface area contributed by atoms with Gasteiger partial charge in [-0.2, -0.15) is 0 Å². The Labute approximate surface area is 104 Å². The van der Waals surface area contributed by atoms with Gasteiger partial charge in [0.1, 0.15) is 0 Å². The summed E-state index contributed by atoms with van der Waals surface area (Å²) in [6.07, 6.45) is 1.38. The number of aromatic nitrogens is 1. The lowest BCUT2D eigenvalue weighted by molar-refractivity contribution is -0.123. The van der Waals surface area contributed by atoms with E-state index < -0.39 is 0 Å². The van der Waals surface area contributed by atoms with Crippen LogP contribution >= 0.6 is 23.6 Å². The molecule has 0 aliphatic rings. The fraction of sp³-hybridized carbons (Fsp3) is 0.500. The third-order valence-corrected chi connectivity index (χ3v) is 3.15. The Kier molecular flexibility index (Phi) is 5.34. The molecule has 88 valence electrons. The number of hydrogen-bond donors (Lipinski definition) is 2. The molecule has 0 aliphatic heterocycles. The molecule has 1 aromatic heterocycles. The van der Waals surface area contributed by atoms with Crippen molar-refractivity contribution in [2.45, 2.75) is 19.8 Å². The minimum absolute atomic E-state index is 0.0924. The highest BCUT2D eigenvalue weighted by Gasteiger charge is 2.18. The molecule has 0 spiro atoms. The Morgan fingerprint density at radius 1 is 1.75 bits per heavy atom. The van der Waals surface area contributed by atoms with Crippen molar-refractivity contribution in [3.63, 3.8) is 0 Å². The summed E-state index contributed by atoms with van der Waals surface area (Å²) in [5.74, 6) is -0.448. The molecule has 0 saturated carbocycles. The molecule has 3 N–H and O–H groups in total. The van der Waals surface area contributed by atoms with Gasteiger partial charge in [-0.1, -0.05) is 19.1 Å². The van der Waals surface area contributed by atoms with E-state index in [2.05, 4.69) is 10.3 Å². The Balaban J connectivity index is 2.32. The molecule has 0 saturated heterocycles. The SMILES string of the molecule is CCC(C(=O)NCCc1cscn1)C(N)=S. The van der Waals surface area contributed by atoms with E-state index in [0.717, 1.165) is 12.1 Å². The predicted molar refractivity (Wildman–Crippen MR) is 69.4 cm³/mol. The van der Waals surface area contributed by atoms with Crippen molar-refractivity contribution in [1.82, 2.24) is 10.3 Å². The molecule has 0 aromatic carbocycles. The standard InChI is InChI=1S/C10H15N3OS2/c1-2-8(9(11)15)10(14)12-4-3-7-5-16-6-13-7/h5-6,8H,2-4H2,1H3,(H2,11,15)(H,12,14). The summed E-state index contributed by atoms with van der Waals surface area (Å²) >= 11 is 6.38. The quantitative estimate of drug-likeness (QED) is 0.749. The van der Waals surface area contributed by atoms with Gasteiger partial charge in [0.2, 0.25) is 5.91 Å². The topological polar surface area (TPSA) is 68.0 Å². The first-order valence-corrected chi connectivity index (χ1v) is 6.44. The minimum Gasteiger partial charge on any atom is -0.393 e. The van der Waals surface area contributed by atoms with Crippen molar-refractivity contribution in [1.29, 1.82) is 0 Å². The second-order valence-electron chi connectivity index (χ2n) is 3.38. The van der Waals surface area contributed by atoms with Crippen LogP contribution in [-0.2, 0) is 11.2 Å². The monoisotopic (exact) mass is 257 g/mol. The maximum Gasteiger partial charge on any atom is 0.229 e. The average molecular weight is 257 g/mol. The van der Waals surface area contributed by atoms with Gasteiger partial charge in [0.05, 0.1) is 22.1 Å². The first-order chi connectivity index (χ1) is 7.65. The molecule has 0 bridgehead atoms. The fourth-order valence-electron chi connectivity index (χ4n) is 1.31. The second-order valence-corrected chi connectivity index (χ2v) is 4.57. The van der Waals surface area contributed by atoms with E-state index in [1.807, 2.05) is 12.3 Å². The van der Waals surface area contributed by atoms with Crippen LogP contribution in [0.5, 0.6) is 0 Å². The maximum absolute atomic E-state index is 11.6. The number of rotatable bonds is 6. The van der Waals surface area contributed by atoms with Crippen LogP contribution in [0.2, 0.25) is 0 Å². The van der Waals surface area contributed by atoms with E-state index in [-0.39, 0.29) is 16.8 Å². The molecular formula is C10H15N3OS2. The van der Waals surface area contributed by atoms with Crippen molar-refractivity contribution >= 4 is 34.5 Å². The summed E-state index contributed by atoms with van der Waals surface area (Å²) in [5, 5.41) is 4.78. The average Bonchev–Trinajstić information content (AvgIpc) is 2.71. The summed E-state index contributed by atoms with van der Waals surface area (Å²) in [4.78, 5) is 16.0. The lowest BCUT2D eigenvalue weighted by Crippen LogP contribution is -2.38. The van der Waals surface area contributed by atoms with E-state index in [9.17, 15) is 4.79 Å². The summed E-state index contributed by atoms with van der Waals surface area (Å²) < 4.78 is 0. The Hall–Kier alpha value is -1.01. The van der Waals surface area contributed by atoms with E-state index in [1.165, 1.54) is 0 Å². The number of carbonyl (C=O) groups excluding carboxylic acids is 1. The number of nitrogens with one attached hydrogen (secondary N) is 1. The number of nitrogens with two attached hydrogens (primary N) is 1. The normalized spacial score (nSPS) is 12.1. The highest BCUT2D eigenvalue weighted by Crippen LogP contribution is 2.04. The van der Waals surface area contributed by atoms with Gasteiger partial charge in [-0.3, -0.25) is 4.79 Å². The van der Waals surface area contributed by atoms with Crippen molar-refractivity contribution in [2.75, 3.05) is 6.54 Å². The minimum atomic E-state index is -0.356. The number of thiocarbonyl (C=S) groups is 1. The molecule has 6 heteroatoms. The molecule has 1 unspecified atom stereocenters. The lowest BCUT2D eigenvalue weighted by atomic mass is 10.1. The van der Waals surface area contributed by atoms with Crippen molar-refractivity contribution in [2.24, 2.45) is 11.7 Å². The molecule has 0 aliphatic carbocycles. The van der Waals surface area contributed by atoms with Crippen LogP contribution < -0.4 is 11.1 Å². The fourth-order valence-corrected chi connectivity index (χ4v) is 2.18. The summed E-state index contributed by atoms with van der Waals surface area (Å²) in [6, 6.07) is 0. The Morgan fingerprint density at radius 3 is 3.00 bits per heavy atom. The van der Waals surface area contributed by atoms with E-state index >= 15 is 0 Å². The molecule has 1 heterocycles. The summed E-state index contributed by atoms with van der Waals surface area (Å²) in [7, 11) is 0. The van der Waals surface area contributed by atoms with Gasteiger partial charge >= 0.3 is 0 Å². The highest BCUT2D eigenvalue weighted by atomic mass is 32.1. The number of amides is 1. The maximum atomic E-state index is 11.6. The van der Waals surface area contributed by atoms with E-state index in [1.54, 1.807) is 16.8 Å². The zero-order chi connectivity index (χ0) is 12.0. The summed E-state index contributed by atoms with van der Waals surface area (Å²) in [5.41, 5.74) is 8.25. The second kappa shape index (κ2) is 6.55. The molecule has 1 amide bonds. The van der Waals surface area contributed by atoms with Gasteiger partial charge in [-0.15, -0.1) is 11.3 Å². The lowest BCUT2D eigenvalue weighted by Gasteiger charge is -2.12. The number of thiazole rings is 1. The highest BCUT2D eigenvalue weighted by molar-refractivity contribution is 7.80. The molecule has 0 radical (unpaired) electrons. The molecule has 1 atom stereocenters. The van der Waals surface area contributed by atoms with Gasteiger partial charge < -0.3 is 11.1 Å². The van der Waals surface area contributed by atoms with Crippen molar-refractivity contribution in [3.05, 3.63) is 16.6 Å². The van der Waals surface area contributed by atoms with Crippen LogP contribution in [0.4, 0.5) is 0 Å². The van der Waals surface area contributed by atoms with Gasteiger partial charge in [-0.05, 0) is 6.42 Å². The molecule has 1 aromatic rings. The summed E-state index contributed by atoms with van der Waals surface area (Å²) in [6.45, 7) is 2.46. The number of hydrogen-bond acceptors (Lipinski definition) is 4. The number of nitrogens with zero attached hydrogens (tertiary/aromatic N) is 1. The molecule has 4 nitrogen and oxygen atoms in total. The van der Waals surface area contributed by atoms with Crippen LogP contribution in [0.1, 0.15) is 19.0 Å². The largest absolute Gasteiger partial charge is 0.393 e. The van der Waals surface area contributed by atoms with Gasteiger partial charge in [0, 0.05) is 18.3 Å². The van der Waals surface area contributed by atoms with Crippen LogP contribution in [0.15, 0.2) is 10.9 Å². The predicted octanol–water partition coefficient (Wildman–Crippen LogP) is 1.11. The van der Waals surface area contributed by atoms with Crippen molar-refractivity contribution in [3.8, 4) is 0 Å². The Bertz CT molecular complexity index is 351. The van der Waals surface area contributed by atoms with Gasteiger partial charge in [0.15, 0.2) is 0 Å². The van der Waals surface area contributed by atoms with E-state index in [0.29, 0.717) is 13.0 Å². The van der Waals surface area contributed by atoms with Crippen LogP contribution in [0.25, 0.3) is 0 Å². The van der Waals surface area contributed by atoms with E-state index in [4.69, 9.17) is 18.0 Å². The number of carbonyl (C=O) groups is 1. The third kappa shape index (κ3) is 3.86. The van der Waals surface area contributed by atoms with Crippen molar-refractivity contribution < 1.29 is 4.79 Å². The van der Waals surface area contributed by atoms with Crippen LogP contribution in [-0.4, -0.2) is 22.4 Å². The van der Waals surface area contributed by atoms with Crippen LogP contribution in [0.3, 0.4) is 0 Å². The first-order valence-electron chi connectivity index (χ1n) is 5.09. The van der Waals surface area contributed by atoms with Gasteiger partial charge in [0.25, 0.3) is 0 Å². The molecular weight excluding hydrogens is 242 g/mol. The van der Waals surface area contributed by atoms with Crippen LogP contribution in [0, 0.1) is 5.92 Å². The molecule has 0 fully saturated rings. The third-order valence-electron chi connectivity index (χ3n) is 2.23. The first kappa shape index (κ1) is 13.1. The molecule has 1 rings (SSSR count). The zero-order valence-corrected chi connectivity index (χ0v) is 10.7. The van der Waals surface area contributed by atoms with Gasteiger partial charge in [-0.25, -0.2) is 4.98 Å². The smallest absolute Gasteiger partial charge is 0.229 e. The Morgan fingerprint density at radius 2 is 2.50 bits per heavy atom. The zero-order valence-electron chi connectivity index (χ0n) is 9.10.